The second-order valence-corrected chi connectivity index (χ2v) is 10.2. The molecule has 0 aliphatic carbocycles. The van der Waals surface area contributed by atoms with Gasteiger partial charge in [-0.1, -0.05) is 41.9 Å². The van der Waals surface area contributed by atoms with Gasteiger partial charge in [-0.3, -0.25) is 0 Å². The predicted octanol–water partition coefficient (Wildman–Crippen LogP) is 5.84. The van der Waals surface area contributed by atoms with E-state index in [1.165, 1.54) is 24.3 Å². The maximum atomic E-state index is 13.4. The third kappa shape index (κ3) is 5.58. The van der Waals surface area contributed by atoms with Crippen molar-refractivity contribution >= 4 is 32.6 Å². The van der Waals surface area contributed by atoms with Gasteiger partial charge >= 0.3 is 11.8 Å². The van der Waals surface area contributed by atoms with E-state index in [0.717, 1.165) is 5.56 Å². The molecule has 0 saturated heterocycles. The molecule has 1 N–H and O–H groups in total. The fourth-order valence-corrected chi connectivity index (χ4v) is 5.00. The average molecular weight is 522 g/mol. The summed E-state index contributed by atoms with van der Waals surface area (Å²) in [6.45, 7) is 1.87. The third-order valence-electron chi connectivity index (χ3n) is 5.55. The normalized spacial score (nSPS) is 12.3. The largest absolute Gasteiger partial charge is 0.423 e. The monoisotopic (exact) mass is 521 g/mol. The summed E-state index contributed by atoms with van der Waals surface area (Å²) in [6.07, 6.45) is -4.46. The maximum absolute atomic E-state index is 13.4. The number of hydrogen-bond acceptors (Lipinski definition) is 4. The average Bonchev–Trinajstić information content (AvgIpc) is 2.78. The maximum Gasteiger partial charge on any atom is 0.417 e. The summed E-state index contributed by atoms with van der Waals surface area (Å²) in [5.74, 6) is 0. The van der Waals surface area contributed by atoms with Crippen molar-refractivity contribution < 1.29 is 26.0 Å². The van der Waals surface area contributed by atoms with Crippen LogP contribution < -0.4 is 10.3 Å². The lowest BCUT2D eigenvalue weighted by Gasteiger charge is -2.12. The summed E-state index contributed by atoms with van der Waals surface area (Å²) in [7, 11) is -3.81. The van der Waals surface area contributed by atoms with Crippen molar-refractivity contribution in [2.45, 2.75) is 31.0 Å². The Hall–Kier alpha value is -3.14. The molecule has 10 heteroatoms. The highest BCUT2D eigenvalue weighted by Gasteiger charge is 2.33. The van der Waals surface area contributed by atoms with Crippen molar-refractivity contribution in [3.05, 3.63) is 110 Å². The molecule has 182 valence electrons. The van der Waals surface area contributed by atoms with E-state index in [2.05, 4.69) is 4.72 Å². The Balaban J connectivity index is 1.54. The van der Waals surface area contributed by atoms with E-state index >= 15 is 0 Å². The molecule has 4 aromatic rings. The van der Waals surface area contributed by atoms with Crippen LogP contribution in [-0.2, 0) is 29.2 Å². The van der Waals surface area contributed by atoms with Gasteiger partial charge < -0.3 is 4.42 Å². The van der Waals surface area contributed by atoms with Gasteiger partial charge in [-0.25, -0.2) is 17.9 Å². The van der Waals surface area contributed by atoms with Crippen LogP contribution in [0.5, 0.6) is 0 Å². The van der Waals surface area contributed by atoms with Crippen molar-refractivity contribution in [2.24, 2.45) is 0 Å². The first-order valence-electron chi connectivity index (χ1n) is 10.4. The summed E-state index contributed by atoms with van der Waals surface area (Å²) in [5, 5.41) is 0.249. The first-order valence-corrected chi connectivity index (χ1v) is 12.3. The molecular formula is C25H19ClF3NO4S. The number of hydrogen-bond donors (Lipinski definition) is 1. The minimum Gasteiger partial charge on any atom is -0.423 e. The Morgan fingerprint density at radius 2 is 1.66 bits per heavy atom. The second-order valence-electron chi connectivity index (χ2n) is 7.99. The summed E-state index contributed by atoms with van der Waals surface area (Å²) < 4.78 is 73.0. The Labute approximate surface area is 204 Å². The third-order valence-corrected chi connectivity index (χ3v) is 7.32. The molecule has 3 aromatic carbocycles. The highest BCUT2D eigenvalue weighted by Crippen LogP contribution is 2.34. The summed E-state index contributed by atoms with van der Waals surface area (Å²) in [5.41, 5.74) is 0.476. The fraction of sp³-hybridized carbons (Fsp3) is 0.160. The molecule has 0 aliphatic heterocycles. The lowest BCUT2D eigenvalue weighted by atomic mass is 10.0. The van der Waals surface area contributed by atoms with Gasteiger partial charge in [0.1, 0.15) is 5.58 Å². The zero-order chi connectivity index (χ0) is 25.4. The van der Waals surface area contributed by atoms with E-state index in [9.17, 15) is 26.4 Å². The van der Waals surface area contributed by atoms with Gasteiger partial charge in [0, 0.05) is 23.0 Å². The highest BCUT2D eigenvalue weighted by atomic mass is 35.5. The molecule has 5 nitrogen and oxygen atoms in total. The van der Waals surface area contributed by atoms with Crippen LogP contribution in [0.4, 0.5) is 13.2 Å². The van der Waals surface area contributed by atoms with E-state index in [1.54, 1.807) is 30.3 Å². The van der Waals surface area contributed by atoms with Gasteiger partial charge in [-0.05, 0) is 65.9 Å². The van der Waals surface area contributed by atoms with Gasteiger partial charge in [0.05, 0.1) is 10.5 Å². The van der Waals surface area contributed by atoms with Gasteiger partial charge in [0.2, 0.25) is 10.0 Å². The smallest absolute Gasteiger partial charge is 0.417 e. The first kappa shape index (κ1) is 25.0. The quantitative estimate of drug-likeness (QED) is 0.323. The molecule has 1 aromatic heterocycles. The number of halogens is 4. The molecule has 0 unspecified atom stereocenters. The molecule has 0 atom stereocenters. The van der Waals surface area contributed by atoms with E-state index in [-0.39, 0.29) is 28.8 Å². The lowest BCUT2D eigenvalue weighted by molar-refractivity contribution is -0.136. The fourth-order valence-electron chi connectivity index (χ4n) is 3.72. The molecule has 1 heterocycles. The Morgan fingerprint density at radius 1 is 0.971 bits per heavy atom. The predicted molar refractivity (Wildman–Crippen MR) is 127 cm³/mol. The second kappa shape index (κ2) is 9.49. The number of nitrogens with one attached hydrogen (secondary N) is 1. The molecule has 35 heavy (non-hydrogen) atoms. The van der Waals surface area contributed by atoms with Crippen LogP contribution in [0.3, 0.4) is 0 Å². The zero-order valence-electron chi connectivity index (χ0n) is 18.3. The van der Waals surface area contributed by atoms with Gasteiger partial charge in [0.15, 0.2) is 0 Å². The minimum absolute atomic E-state index is 0.0321. The van der Waals surface area contributed by atoms with Crippen molar-refractivity contribution in [3.63, 3.8) is 0 Å². The van der Waals surface area contributed by atoms with Crippen LogP contribution in [0.2, 0.25) is 5.02 Å². The van der Waals surface area contributed by atoms with Crippen LogP contribution in [0.1, 0.15) is 27.8 Å². The summed E-state index contributed by atoms with van der Waals surface area (Å²) in [4.78, 5) is 11.5. The zero-order valence-corrected chi connectivity index (χ0v) is 19.9. The molecule has 0 radical (unpaired) electrons. The van der Waals surface area contributed by atoms with E-state index in [0.29, 0.717) is 27.8 Å². The number of benzene rings is 3. The Morgan fingerprint density at radius 3 is 2.31 bits per heavy atom. The molecule has 4 rings (SSSR count). The molecule has 0 saturated carbocycles. The topological polar surface area (TPSA) is 76.4 Å². The van der Waals surface area contributed by atoms with E-state index < -0.39 is 27.4 Å². The summed E-state index contributed by atoms with van der Waals surface area (Å²) in [6, 6.07) is 16.0. The van der Waals surface area contributed by atoms with Gasteiger partial charge in [-0.2, -0.15) is 13.2 Å². The highest BCUT2D eigenvalue weighted by molar-refractivity contribution is 7.89. The number of aryl methyl sites for hydroxylation is 1. The van der Waals surface area contributed by atoms with Crippen molar-refractivity contribution in [1.82, 2.24) is 4.72 Å². The van der Waals surface area contributed by atoms with Gasteiger partial charge in [0.25, 0.3) is 0 Å². The van der Waals surface area contributed by atoms with Crippen molar-refractivity contribution in [1.29, 1.82) is 0 Å². The molecule has 0 amide bonds. The van der Waals surface area contributed by atoms with Crippen LogP contribution in [0, 0.1) is 6.92 Å². The van der Waals surface area contributed by atoms with Crippen molar-refractivity contribution in [3.8, 4) is 0 Å². The minimum atomic E-state index is -4.71. The molecular weight excluding hydrogens is 503 g/mol. The van der Waals surface area contributed by atoms with Crippen molar-refractivity contribution in [2.75, 3.05) is 0 Å². The number of rotatable bonds is 6. The van der Waals surface area contributed by atoms with Crippen LogP contribution >= 0.6 is 11.6 Å². The van der Waals surface area contributed by atoms with Crippen LogP contribution in [0.15, 0.2) is 80.8 Å². The molecule has 0 bridgehead atoms. The standard InChI is InChI=1S/C25H19ClF3NO4S/c1-15-3-2-4-22(26)20(15)14-30-35(32,33)18-8-5-16(6-9-18)11-17-7-10-23-19(12-17)21(25(27,28)29)13-24(31)34-23/h2-10,12-13,30H,11,14H2,1H3. The number of sulfonamides is 1. The lowest BCUT2D eigenvalue weighted by Crippen LogP contribution is -2.23. The van der Waals surface area contributed by atoms with Gasteiger partial charge in [-0.15, -0.1) is 0 Å². The van der Waals surface area contributed by atoms with Crippen LogP contribution in [-0.4, -0.2) is 8.42 Å². The van der Waals surface area contributed by atoms with E-state index in [1.807, 2.05) is 13.0 Å². The molecule has 0 fully saturated rings. The van der Waals surface area contributed by atoms with E-state index in [4.69, 9.17) is 16.0 Å². The number of fused-ring (bicyclic) bond motifs is 1. The number of alkyl halides is 3. The van der Waals surface area contributed by atoms with Crippen LogP contribution in [0.25, 0.3) is 11.0 Å². The molecule has 0 spiro atoms. The first-order chi connectivity index (χ1) is 16.4. The summed E-state index contributed by atoms with van der Waals surface area (Å²) >= 11 is 6.16. The SMILES string of the molecule is Cc1cccc(Cl)c1CNS(=O)(=O)c1ccc(Cc2ccc3oc(=O)cc(C(F)(F)F)c3c2)cc1. The Bertz CT molecular complexity index is 1540. The Kier molecular flexibility index (Phi) is 6.77. The molecule has 0 aliphatic rings.